The van der Waals surface area contributed by atoms with Gasteiger partial charge in [0.25, 0.3) is 0 Å². The molecule has 0 atom stereocenters. The highest BCUT2D eigenvalue weighted by molar-refractivity contribution is 9.09. The summed E-state index contributed by atoms with van der Waals surface area (Å²) in [5, 5.41) is 2.06. The maximum atomic E-state index is 11.4. The second kappa shape index (κ2) is 17.9. The van der Waals surface area contributed by atoms with Gasteiger partial charge in [-0.05, 0) is 56.2 Å². The van der Waals surface area contributed by atoms with E-state index in [-0.39, 0.29) is 17.7 Å². The molecule has 3 heterocycles. The molecule has 6 rings (SSSR count). The molecule has 0 aliphatic heterocycles. The minimum absolute atomic E-state index is 0.00331. The third-order valence-corrected chi connectivity index (χ3v) is 8.10. The summed E-state index contributed by atoms with van der Waals surface area (Å²) < 4.78 is 30.4. The number of para-hydroxylation sites is 2. The Morgan fingerprint density at radius 1 is 0.604 bits per heavy atom. The van der Waals surface area contributed by atoms with E-state index in [0.29, 0.717) is 63.8 Å². The van der Waals surface area contributed by atoms with Crippen molar-refractivity contribution in [3.63, 3.8) is 0 Å². The van der Waals surface area contributed by atoms with E-state index >= 15 is 0 Å². The van der Waals surface area contributed by atoms with Crippen molar-refractivity contribution in [2.24, 2.45) is 0 Å². The topological polar surface area (TPSA) is 157 Å². The first-order chi connectivity index (χ1) is 23.3. The van der Waals surface area contributed by atoms with Crippen LogP contribution in [0.15, 0.2) is 67.8 Å². The van der Waals surface area contributed by atoms with Crippen molar-refractivity contribution in [2.75, 3.05) is 19.8 Å². The number of hydrogen-bond acceptors (Lipinski definition) is 12. The lowest BCUT2D eigenvalue weighted by Crippen LogP contribution is -2.04. The summed E-state index contributed by atoms with van der Waals surface area (Å²) in [6.45, 7) is 6.15. The fraction of sp³-hybridized carbons (Fsp3) is 0.273. The van der Waals surface area contributed by atoms with Crippen LogP contribution in [0.3, 0.4) is 0 Å². The molecule has 252 valence electrons. The minimum atomic E-state index is -0.529. The summed E-state index contributed by atoms with van der Waals surface area (Å²) in [6, 6.07) is 16.7. The van der Waals surface area contributed by atoms with Crippen LogP contribution >= 0.6 is 47.8 Å². The number of carbonyl (C=O) groups excluding carboxylic acids is 3. The molecule has 15 heteroatoms. The average molecular weight is 852 g/mol. The maximum Gasteiger partial charge on any atom is 0.394 e. The zero-order valence-corrected chi connectivity index (χ0v) is 30.8. The van der Waals surface area contributed by atoms with E-state index in [1.54, 1.807) is 39.0 Å². The summed E-state index contributed by atoms with van der Waals surface area (Å²) in [6.07, 6.45) is 0. The van der Waals surface area contributed by atoms with Gasteiger partial charge in [-0.15, -0.1) is 0 Å². The Morgan fingerprint density at radius 2 is 1.15 bits per heavy atom. The average Bonchev–Trinajstić information content (AvgIpc) is 3.85. The van der Waals surface area contributed by atoms with Crippen molar-refractivity contribution in [1.29, 1.82) is 0 Å². The van der Waals surface area contributed by atoms with Crippen molar-refractivity contribution >= 4 is 99.0 Å². The molecule has 3 aromatic carbocycles. The lowest BCUT2D eigenvalue weighted by molar-refractivity contribution is 0.0475. The molecule has 0 fully saturated rings. The fourth-order valence-corrected chi connectivity index (χ4v) is 5.36. The number of carbonyl (C=O) groups is 3. The number of benzene rings is 3. The van der Waals surface area contributed by atoms with Crippen molar-refractivity contribution in [3.05, 3.63) is 89.0 Å². The van der Waals surface area contributed by atoms with E-state index in [1.807, 2.05) is 36.4 Å². The highest BCUT2D eigenvalue weighted by atomic mass is 79.9. The predicted octanol–water partition coefficient (Wildman–Crippen LogP) is 8.70. The molecule has 0 N–H and O–H groups in total. The van der Waals surface area contributed by atoms with Crippen LogP contribution in [0.1, 0.15) is 69.5 Å². The summed E-state index contributed by atoms with van der Waals surface area (Å²) in [5.41, 5.74) is 6.87. The second-order valence-electron chi connectivity index (χ2n) is 9.45. The van der Waals surface area contributed by atoms with Crippen LogP contribution in [0.4, 0.5) is 0 Å². The molecule has 12 nitrogen and oxygen atoms in total. The first-order valence-electron chi connectivity index (χ1n) is 14.6. The molecule has 0 radical (unpaired) electrons. The Morgan fingerprint density at radius 3 is 1.75 bits per heavy atom. The first kappa shape index (κ1) is 36.8. The second-order valence-corrected chi connectivity index (χ2v) is 11.1. The number of oxazole rings is 3. The molecule has 0 spiro atoms. The van der Waals surface area contributed by atoms with E-state index in [1.165, 1.54) is 0 Å². The van der Waals surface area contributed by atoms with Gasteiger partial charge < -0.3 is 27.5 Å². The zero-order chi connectivity index (χ0) is 34.6. The monoisotopic (exact) mass is 849 g/mol. The van der Waals surface area contributed by atoms with Gasteiger partial charge in [0.15, 0.2) is 16.7 Å². The van der Waals surface area contributed by atoms with Gasteiger partial charge in [0.1, 0.15) is 16.6 Å². The van der Waals surface area contributed by atoms with E-state index in [4.69, 9.17) is 27.5 Å². The summed E-state index contributed by atoms with van der Waals surface area (Å²) in [5.74, 6) is -1.57. The van der Waals surface area contributed by atoms with Crippen molar-refractivity contribution in [3.8, 4) is 0 Å². The smallest absolute Gasteiger partial charge is 0.394 e. The number of fused-ring (bicyclic) bond motifs is 3. The molecule has 6 aromatic rings. The predicted molar refractivity (Wildman–Crippen MR) is 188 cm³/mol. The SMILES string of the molecule is CCOC(=O)c1nc2c(CBr)cccc2o1.CCOC(=O)c1nc2cc(CBr)ccc2o1.CCOC(=O)c1nc2cccc(CBr)c2o1. The van der Waals surface area contributed by atoms with Gasteiger partial charge in [0, 0.05) is 21.6 Å². The Hall–Kier alpha value is -4.08. The lowest BCUT2D eigenvalue weighted by atomic mass is 10.2. The summed E-state index contributed by atoms with van der Waals surface area (Å²) in [4.78, 5) is 46.5. The standard InChI is InChI=1S/3C11H10BrNO3/c1-2-15-11(14)10-13-8-5-7(6-12)3-4-9(8)16-10;1-2-15-11(14)10-13-9-7(6-12)4-3-5-8(9)16-10;1-2-15-11(14)10-13-8-5-3-4-7(6-12)9(8)16-10/h3*3-5H,2,6H2,1H3. The van der Waals surface area contributed by atoms with E-state index < -0.39 is 17.9 Å². The largest absolute Gasteiger partial charge is 0.459 e. The zero-order valence-electron chi connectivity index (χ0n) is 26.1. The molecule has 0 saturated carbocycles. The fourth-order valence-electron chi connectivity index (χ4n) is 4.12. The van der Waals surface area contributed by atoms with Crippen LogP contribution in [-0.4, -0.2) is 52.7 Å². The Bertz CT molecular complexity index is 1920. The highest BCUT2D eigenvalue weighted by Gasteiger charge is 2.18. The van der Waals surface area contributed by atoms with Gasteiger partial charge in [-0.25, -0.2) is 29.3 Å². The summed E-state index contributed by atoms with van der Waals surface area (Å²) in [7, 11) is 0. The van der Waals surface area contributed by atoms with Crippen LogP contribution in [0.25, 0.3) is 33.3 Å². The molecule has 0 aliphatic rings. The van der Waals surface area contributed by atoms with Crippen LogP contribution in [0, 0.1) is 0 Å². The molecule has 48 heavy (non-hydrogen) atoms. The van der Waals surface area contributed by atoms with Crippen LogP contribution in [0.5, 0.6) is 0 Å². The molecule has 0 amide bonds. The Kier molecular flexibility index (Phi) is 13.7. The first-order valence-corrected chi connectivity index (χ1v) is 18.0. The number of rotatable bonds is 9. The van der Waals surface area contributed by atoms with E-state index in [0.717, 1.165) is 22.0 Å². The third kappa shape index (κ3) is 9.08. The third-order valence-electron chi connectivity index (χ3n) is 6.24. The molecule has 3 aromatic heterocycles. The molecule has 0 saturated heterocycles. The van der Waals surface area contributed by atoms with Crippen molar-refractivity contribution in [1.82, 2.24) is 15.0 Å². The number of alkyl halides is 3. The van der Waals surface area contributed by atoms with Crippen LogP contribution in [0.2, 0.25) is 0 Å². The lowest BCUT2D eigenvalue weighted by Gasteiger charge is -1.95. The number of esters is 3. The van der Waals surface area contributed by atoms with Crippen LogP contribution in [-0.2, 0) is 30.2 Å². The Labute approximate surface area is 299 Å². The molecular formula is C33H30Br3N3O9. The van der Waals surface area contributed by atoms with E-state index in [2.05, 4.69) is 62.7 Å². The molecular weight excluding hydrogens is 822 g/mol. The minimum Gasteiger partial charge on any atom is -0.459 e. The number of nitrogens with zero attached hydrogens (tertiary/aromatic N) is 3. The number of halogens is 3. The summed E-state index contributed by atoms with van der Waals surface area (Å²) >= 11 is 10.1. The number of aromatic nitrogens is 3. The highest BCUT2D eigenvalue weighted by Crippen LogP contribution is 2.23. The normalized spacial score (nSPS) is 10.6. The number of ether oxygens (including phenoxy) is 3. The van der Waals surface area contributed by atoms with Crippen LogP contribution < -0.4 is 0 Å². The quantitative estimate of drug-likeness (QED) is 0.0776. The van der Waals surface area contributed by atoms with Gasteiger partial charge in [-0.3, -0.25) is 0 Å². The maximum absolute atomic E-state index is 11.4. The number of hydrogen-bond donors (Lipinski definition) is 0. The Balaban J connectivity index is 0.000000163. The molecule has 0 unspecified atom stereocenters. The van der Waals surface area contributed by atoms with Gasteiger partial charge in [0.2, 0.25) is 0 Å². The molecule has 0 bridgehead atoms. The van der Waals surface area contributed by atoms with Gasteiger partial charge in [-0.2, -0.15) is 0 Å². The van der Waals surface area contributed by atoms with Crippen molar-refractivity contribution < 1.29 is 41.8 Å². The van der Waals surface area contributed by atoms with Gasteiger partial charge >= 0.3 is 35.6 Å². The van der Waals surface area contributed by atoms with Gasteiger partial charge in [-0.1, -0.05) is 78.1 Å². The van der Waals surface area contributed by atoms with Gasteiger partial charge in [0.05, 0.1) is 19.8 Å². The van der Waals surface area contributed by atoms with Crippen molar-refractivity contribution in [2.45, 2.75) is 36.8 Å². The molecule has 0 aliphatic carbocycles. The van der Waals surface area contributed by atoms with E-state index in [9.17, 15) is 14.4 Å².